The zero-order valence-electron chi connectivity index (χ0n) is 11.5. The van der Waals surface area contributed by atoms with Gasteiger partial charge in [-0.25, -0.2) is 4.79 Å². The van der Waals surface area contributed by atoms with E-state index in [1.54, 1.807) is 0 Å². The van der Waals surface area contributed by atoms with E-state index in [-0.39, 0.29) is 5.76 Å². The van der Waals surface area contributed by atoms with Crippen LogP contribution < -0.4 is 5.32 Å². The van der Waals surface area contributed by atoms with Gasteiger partial charge in [-0.2, -0.15) is 5.26 Å². The molecule has 0 bridgehead atoms. The van der Waals surface area contributed by atoms with Crippen LogP contribution in [0.4, 0.5) is 5.88 Å². The van der Waals surface area contributed by atoms with Crippen LogP contribution in [0.5, 0.6) is 0 Å². The zero-order chi connectivity index (χ0) is 16.2. The van der Waals surface area contributed by atoms with E-state index in [0.717, 1.165) is 25.0 Å². The fourth-order valence-corrected chi connectivity index (χ4v) is 2.28. The average molecular weight is 307 g/mol. The summed E-state index contributed by atoms with van der Waals surface area (Å²) in [5.74, 6) is -2.54. The molecular weight excluding hydrogens is 294 g/mol. The first kappa shape index (κ1) is 15.5. The molecule has 0 atom stereocenters. The number of furan rings is 1. The summed E-state index contributed by atoms with van der Waals surface area (Å²) < 4.78 is 9.36. The molecule has 0 aromatic carbocycles. The number of rotatable bonds is 5. The maximum Gasteiger partial charge on any atom is 0.433 e. The van der Waals surface area contributed by atoms with Crippen molar-refractivity contribution in [3.05, 3.63) is 28.0 Å². The van der Waals surface area contributed by atoms with Gasteiger partial charge in [0.1, 0.15) is 10.5 Å². The van der Waals surface area contributed by atoms with E-state index in [2.05, 4.69) is 15.8 Å². The number of carbonyl (C=O) groups excluding carboxylic acids is 2. The van der Waals surface area contributed by atoms with Crippen molar-refractivity contribution < 1.29 is 23.7 Å². The Labute approximate surface area is 125 Å². The van der Waals surface area contributed by atoms with E-state index in [0.29, 0.717) is 12.8 Å². The molecule has 1 aliphatic rings. The van der Waals surface area contributed by atoms with Crippen molar-refractivity contribution in [3.8, 4) is 6.07 Å². The molecule has 1 aromatic rings. The monoisotopic (exact) mass is 307 g/mol. The molecule has 116 valence electrons. The molecular formula is C13H13N3O6. The highest BCUT2D eigenvalue weighted by Crippen LogP contribution is 2.28. The van der Waals surface area contributed by atoms with E-state index in [1.807, 2.05) is 0 Å². The van der Waals surface area contributed by atoms with Gasteiger partial charge in [-0.1, -0.05) is 0 Å². The molecule has 1 N–H and O–H groups in total. The standard InChI is InChI=1S/C13H13N3O6/c14-8-13(5-1-2-6-13)15-10(17)7-21-12(18)9-3-4-11(22-9)16(19)20/h3-4H,1-2,5-7H2,(H,15,17). The van der Waals surface area contributed by atoms with Crippen LogP contribution in [0.2, 0.25) is 0 Å². The van der Waals surface area contributed by atoms with Gasteiger partial charge in [-0.3, -0.25) is 14.9 Å². The second kappa shape index (κ2) is 6.26. The third kappa shape index (κ3) is 3.41. The largest absolute Gasteiger partial charge is 0.450 e. The van der Waals surface area contributed by atoms with Crippen LogP contribution in [0.25, 0.3) is 0 Å². The van der Waals surface area contributed by atoms with Crippen molar-refractivity contribution in [2.24, 2.45) is 0 Å². The molecule has 0 radical (unpaired) electrons. The molecule has 0 spiro atoms. The highest BCUT2D eigenvalue weighted by molar-refractivity contribution is 5.89. The van der Waals surface area contributed by atoms with Gasteiger partial charge in [0.25, 0.3) is 5.91 Å². The lowest BCUT2D eigenvalue weighted by Crippen LogP contribution is -2.46. The fraction of sp³-hybridized carbons (Fsp3) is 0.462. The molecule has 0 unspecified atom stereocenters. The fourth-order valence-electron chi connectivity index (χ4n) is 2.28. The van der Waals surface area contributed by atoms with Crippen LogP contribution in [0.3, 0.4) is 0 Å². The maximum atomic E-state index is 11.7. The Kier molecular flexibility index (Phi) is 4.41. The van der Waals surface area contributed by atoms with Crippen molar-refractivity contribution >= 4 is 17.8 Å². The number of carbonyl (C=O) groups is 2. The lowest BCUT2D eigenvalue weighted by molar-refractivity contribution is -0.402. The van der Waals surface area contributed by atoms with Crippen LogP contribution >= 0.6 is 0 Å². The Balaban J connectivity index is 1.86. The summed E-state index contributed by atoms with van der Waals surface area (Å²) >= 11 is 0. The predicted molar refractivity (Wildman–Crippen MR) is 70.6 cm³/mol. The van der Waals surface area contributed by atoms with E-state index in [9.17, 15) is 19.7 Å². The summed E-state index contributed by atoms with van der Waals surface area (Å²) in [5.41, 5.74) is -0.896. The van der Waals surface area contributed by atoms with Crippen molar-refractivity contribution in [1.29, 1.82) is 5.26 Å². The first-order valence-corrected chi connectivity index (χ1v) is 6.59. The molecule has 0 saturated heterocycles. The summed E-state index contributed by atoms with van der Waals surface area (Å²) in [6.07, 6.45) is 2.83. The molecule has 22 heavy (non-hydrogen) atoms. The van der Waals surface area contributed by atoms with Crippen LogP contribution in [-0.4, -0.2) is 28.9 Å². The Hall–Kier alpha value is -2.89. The van der Waals surface area contributed by atoms with Crippen molar-refractivity contribution in [2.45, 2.75) is 31.2 Å². The number of esters is 1. The van der Waals surface area contributed by atoms with Gasteiger partial charge in [0, 0.05) is 0 Å². The van der Waals surface area contributed by atoms with Crippen LogP contribution in [0.1, 0.15) is 36.2 Å². The van der Waals surface area contributed by atoms with Crippen LogP contribution in [0, 0.1) is 21.4 Å². The third-order valence-electron chi connectivity index (χ3n) is 3.36. The number of hydrogen-bond acceptors (Lipinski definition) is 7. The van der Waals surface area contributed by atoms with Gasteiger partial charge < -0.3 is 14.5 Å². The van der Waals surface area contributed by atoms with Crippen molar-refractivity contribution in [3.63, 3.8) is 0 Å². The summed E-state index contributed by atoms with van der Waals surface area (Å²) in [5, 5.41) is 22.1. The lowest BCUT2D eigenvalue weighted by atomic mass is 10.00. The minimum absolute atomic E-state index is 0.365. The highest BCUT2D eigenvalue weighted by atomic mass is 16.7. The van der Waals surface area contributed by atoms with E-state index in [1.165, 1.54) is 0 Å². The average Bonchev–Trinajstić information content (AvgIpc) is 3.14. The first-order chi connectivity index (χ1) is 10.5. The minimum Gasteiger partial charge on any atom is -0.450 e. The number of ether oxygens (including phenoxy) is 1. The molecule has 0 aliphatic heterocycles. The summed E-state index contributed by atoms with van der Waals surface area (Å²) in [6, 6.07) is 4.18. The van der Waals surface area contributed by atoms with Gasteiger partial charge in [0.15, 0.2) is 6.61 Å². The summed E-state index contributed by atoms with van der Waals surface area (Å²) in [7, 11) is 0. The number of nitrogens with zero attached hydrogens (tertiary/aromatic N) is 2. The number of amides is 1. The Morgan fingerprint density at radius 3 is 2.68 bits per heavy atom. The van der Waals surface area contributed by atoms with Crippen molar-refractivity contribution in [2.75, 3.05) is 6.61 Å². The second-order valence-electron chi connectivity index (χ2n) is 4.92. The van der Waals surface area contributed by atoms with E-state index < -0.39 is 34.8 Å². The van der Waals surface area contributed by atoms with E-state index in [4.69, 9.17) is 10.00 Å². The Morgan fingerprint density at radius 1 is 1.45 bits per heavy atom. The van der Waals surface area contributed by atoms with Gasteiger partial charge in [-0.05, 0) is 31.7 Å². The van der Waals surface area contributed by atoms with Crippen LogP contribution in [0.15, 0.2) is 16.5 Å². The topological polar surface area (TPSA) is 135 Å². The molecule has 1 amide bonds. The molecule has 9 nitrogen and oxygen atoms in total. The van der Waals surface area contributed by atoms with Crippen LogP contribution in [-0.2, 0) is 9.53 Å². The van der Waals surface area contributed by atoms with Gasteiger partial charge >= 0.3 is 11.9 Å². The second-order valence-corrected chi connectivity index (χ2v) is 4.92. The lowest BCUT2D eigenvalue weighted by Gasteiger charge is -2.21. The molecule has 1 fully saturated rings. The number of nitrogens with one attached hydrogen (secondary N) is 1. The number of nitriles is 1. The third-order valence-corrected chi connectivity index (χ3v) is 3.36. The predicted octanol–water partition coefficient (Wildman–Crippen LogP) is 1.30. The van der Waals surface area contributed by atoms with Gasteiger partial charge in [0.2, 0.25) is 5.76 Å². The van der Waals surface area contributed by atoms with E-state index >= 15 is 0 Å². The molecule has 1 aromatic heterocycles. The SMILES string of the molecule is N#CC1(NC(=O)COC(=O)c2ccc([N+](=O)[O-])o2)CCCC1. The smallest absolute Gasteiger partial charge is 0.433 e. The Bertz CT molecular complexity index is 638. The van der Waals surface area contributed by atoms with Gasteiger partial charge in [0.05, 0.1) is 12.1 Å². The molecule has 2 rings (SSSR count). The first-order valence-electron chi connectivity index (χ1n) is 6.59. The maximum absolute atomic E-state index is 11.7. The highest BCUT2D eigenvalue weighted by Gasteiger charge is 2.35. The summed E-state index contributed by atoms with van der Waals surface area (Å²) in [4.78, 5) is 33.0. The molecule has 1 saturated carbocycles. The summed E-state index contributed by atoms with van der Waals surface area (Å²) in [6.45, 7) is -0.587. The quantitative estimate of drug-likeness (QED) is 0.491. The number of hydrogen-bond donors (Lipinski definition) is 1. The van der Waals surface area contributed by atoms with Crippen molar-refractivity contribution in [1.82, 2.24) is 5.32 Å². The zero-order valence-corrected chi connectivity index (χ0v) is 11.5. The normalized spacial score (nSPS) is 15.8. The Morgan fingerprint density at radius 2 is 2.14 bits per heavy atom. The molecule has 9 heteroatoms. The minimum atomic E-state index is -0.985. The number of nitro groups is 1. The molecule has 1 aliphatic carbocycles. The van der Waals surface area contributed by atoms with Gasteiger partial charge in [-0.15, -0.1) is 0 Å². The molecule has 1 heterocycles.